The van der Waals surface area contributed by atoms with E-state index in [-0.39, 0.29) is 64.5 Å². The Labute approximate surface area is 64.8 Å². The van der Waals surface area contributed by atoms with E-state index >= 15 is 0 Å². The minimum Gasteiger partial charge on any atom is -0.412 e. The van der Waals surface area contributed by atoms with E-state index in [2.05, 4.69) is 0 Å². The molecular weight excluding hydrogens is 182 g/mol. The molecule has 10 N–H and O–H groups in total. The summed E-state index contributed by atoms with van der Waals surface area (Å²) in [6.45, 7) is 0. The monoisotopic (exact) mass is 192 g/mol. The largest absolute Gasteiger partial charge is 0.412 e. The minimum atomic E-state index is 0. The van der Waals surface area contributed by atoms with Gasteiger partial charge >= 0.3 is 0 Å². The van der Waals surface area contributed by atoms with Crippen molar-refractivity contribution in [3.63, 3.8) is 0 Å². The van der Waals surface area contributed by atoms with Crippen molar-refractivity contribution in [2.45, 2.75) is 0 Å². The number of rotatable bonds is 0. The van der Waals surface area contributed by atoms with Gasteiger partial charge in [0.05, 0.1) is 0 Å². The molecule has 0 saturated carbocycles. The van der Waals surface area contributed by atoms with E-state index in [0.29, 0.717) is 0 Å². The first-order valence-corrected chi connectivity index (χ1v) is 0. The summed E-state index contributed by atoms with van der Waals surface area (Å²) in [5.74, 6) is 0. The van der Waals surface area contributed by atoms with Gasteiger partial charge in [-0.15, -0.1) is 0 Å². The molecule has 0 aromatic heterocycles. The fourth-order valence-electron chi connectivity index (χ4n) is 0. The molecule has 0 aliphatic carbocycles. The third-order valence-corrected chi connectivity index (χ3v) is 0. The number of hydrogen-bond acceptors (Lipinski definition) is 0. The summed E-state index contributed by atoms with van der Waals surface area (Å²) in [4.78, 5) is 0. The van der Waals surface area contributed by atoms with Gasteiger partial charge in [0.2, 0.25) is 0 Å². The van der Waals surface area contributed by atoms with Crippen molar-refractivity contribution in [1.29, 1.82) is 0 Å². The van der Waals surface area contributed by atoms with Crippen molar-refractivity contribution < 1.29 is 64.5 Å². The molecule has 0 spiro atoms. The molecule has 7 heavy (non-hydrogen) atoms. The van der Waals surface area contributed by atoms with Crippen molar-refractivity contribution in [3.8, 4) is 0 Å². The van der Waals surface area contributed by atoms with E-state index in [1.807, 2.05) is 0 Å². The van der Waals surface area contributed by atoms with Gasteiger partial charge in [0, 0.05) is 37.1 Å². The van der Waals surface area contributed by atoms with Crippen molar-refractivity contribution >= 4 is 0 Å². The van der Waals surface area contributed by atoms with Crippen LogP contribution in [-0.2, 0) is 37.1 Å². The Morgan fingerprint density at radius 2 is 0.286 bits per heavy atom. The summed E-state index contributed by atoms with van der Waals surface area (Å²) in [5.41, 5.74) is 0. The fraction of sp³-hybridized carbons (Fsp3) is 0. The predicted octanol–water partition coefficient (Wildman–Crippen LogP) is -4.13. The molecule has 0 amide bonds. The second-order valence-electron chi connectivity index (χ2n) is 0. The zero-order valence-electron chi connectivity index (χ0n) is 3.39. The van der Waals surface area contributed by atoms with E-state index in [1.165, 1.54) is 0 Å². The molecule has 0 aliphatic rings. The fourth-order valence-corrected chi connectivity index (χ4v) is 0. The van der Waals surface area contributed by atoms with Gasteiger partial charge in [-0.25, -0.2) is 0 Å². The first-order chi connectivity index (χ1) is 0. The van der Waals surface area contributed by atoms with Crippen LogP contribution in [0.4, 0.5) is 0 Å². The van der Waals surface area contributed by atoms with Crippen LogP contribution in [0.15, 0.2) is 0 Å². The topological polar surface area (TPSA) is 158 Å². The Morgan fingerprint density at radius 1 is 0.286 bits per heavy atom. The third kappa shape index (κ3) is 183. The minimum absolute atomic E-state index is 0. The molecule has 0 aliphatic heterocycles. The van der Waals surface area contributed by atoms with Crippen molar-refractivity contribution in [1.82, 2.24) is 0 Å². The van der Waals surface area contributed by atoms with Crippen molar-refractivity contribution in [2.75, 3.05) is 0 Å². The molecule has 0 heterocycles. The van der Waals surface area contributed by atoms with Crippen LogP contribution < -0.4 is 0 Å². The molecule has 50 valence electrons. The summed E-state index contributed by atoms with van der Waals surface area (Å²) < 4.78 is 0. The van der Waals surface area contributed by atoms with Gasteiger partial charge in [0.1, 0.15) is 0 Å². The quantitative estimate of drug-likeness (QED) is 0.365. The standard InChI is InChI=1S/5H2O.2V/h5*1H2;;. The van der Waals surface area contributed by atoms with Crippen LogP contribution in [0.5, 0.6) is 0 Å². The van der Waals surface area contributed by atoms with Gasteiger partial charge in [0.25, 0.3) is 0 Å². The zero-order valence-corrected chi connectivity index (χ0v) is 6.19. The Kier molecular flexibility index (Phi) is 15600. The summed E-state index contributed by atoms with van der Waals surface area (Å²) in [6, 6.07) is 0. The molecule has 2 radical (unpaired) electrons. The molecule has 0 bridgehead atoms. The maximum atomic E-state index is 0. The molecule has 0 fully saturated rings. The Hall–Kier alpha value is 0.969. The molecule has 0 saturated heterocycles. The first-order valence-electron chi connectivity index (χ1n) is 0. The van der Waals surface area contributed by atoms with Gasteiger partial charge in [-0.05, 0) is 0 Å². The van der Waals surface area contributed by atoms with Crippen LogP contribution in [0.25, 0.3) is 0 Å². The molecule has 0 rings (SSSR count). The Morgan fingerprint density at radius 3 is 0.286 bits per heavy atom. The summed E-state index contributed by atoms with van der Waals surface area (Å²) in [5, 5.41) is 0. The van der Waals surface area contributed by atoms with Gasteiger partial charge < -0.3 is 27.4 Å². The molecule has 0 atom stereocenters. The molecule has 5 nitrogen and oxygen atoms in total. The molecule has 7 heteroatoms. The van der Waals surface area contributed by atoms with Crippen LogP contribution in [0, 0.1) is 0 Å². The second-order valence-corrected chi connectivity index (χ2v) is 0. The second kappa shape index (κ2) is 265. The normalized spacial score (nSPS) is 0. The molecular formula is H10O5V2. The Bertz CT molecular complexity index is 6.04. The smallest absolute Gasteiger partial charge is 0 e. The first kappa shape index (κ1) is 412. The van der Waals surface area contributed by atoms with Crippen molar-refractivity contribution in [2.24, 2.45) is 0 Å². The van der Waals surface area contributed by atoms with E-state index in [1.54, 1.807) is 0 Å². The van der Waals surface area contributed by atoms with Crippen molar-refractivity contribution in [3.05, 3.63) is 0 Å². The van der Waals surface area contributed by atoms with Gasteiger partial charge in [0.15, 0.2) is 0 Å². The summed E-state index contributed by atoms with van der Waals surface area (Å²) in [6.07, 6.45) is 0. The Balaban J connectivity index is 0. The SMILES string of the molecule is O.O.O.O.O.[V].[V]. The van der Waals surface area contributed by atoms with E-state index in [9.17, 15) is 0 Å². The summed E-state index contributed by atoms with van der Waals surface area (Å²) in [7, 11) is 0. The molecule has 0 unspecified atom stereocenters. The van der Waals surface area contributed by atoms with Gasteiger partial charge in [-0.1, -0.05) is 0 Å². The van der Waals surface area contributed by atoms with Crippen LogP contribution >= 0.6 is 0 Å². The zero-order chi connectivity index (χ0) is 0. The van der Waals surface area contributed by atoms with Crippen LogP contribution in [-0.4, -0.2) is 27.4 Å². The third-order valence-electron chi connectivity index (χ3n) is 0. The average molecular weight is 192 g/mol. The molecule has 0 aromatic rings. The van der Waals surface area contributed by atoms with Crippen LogP contribution in [0.1, 0.15) is 0 Å². The van der Waals surface area contributed by atoms with Gasteiger partial charge in [-0.2, -0.15) is 0 Å². The van der Waals surface area contributed by atoms with E-state index in [4.69, 9.17) is 0 Å². The van der Waals surface area contributed by atoms with E-state index in [0.717, 1.165) is 0 Å². The predicted molar refractivity (Wildman–Crippen MR) is 18.1 cm³/mol. The maximum absolute atomic E-state index is 0. The van der Waals surface area contributed by atoms with Crippen LogP contribution in [0.3, 0.4) is 0 Å². The number of hydrogen-bond donors (Lipinski definition) is 0. The van der Waals surface area contributed by atoms with Gasteiger partial charge in [-0.3, -0.25) is 0 Å². The summed E-state index contributed by atoms with van der Waals surface area (Å²) >= 11 is 0. The van der Waals surface area contributed by atoms with Crippen LogP contribution in [0.2, 0.25) is 0 Å². The maximum Gasteiger partial charge on any atom is 0 e. The molecule has 0 aromatic carbocycles. The van der Waals surface area contributed by atoms with E-state index < -0.39 is 0 Å². The average Bonchev–Trinajstić information content (AvgIpc) is 0.